The molecule has 39 heavy (non-hydrogen) atoms. The normalized spacial score (nSPS) is 12.9. The van der Waals surface area contributed by atoms with Crippen molar-refractivity contribution in [2.24, 2.45) is 0 Å². The Morgan fingerprint density at radius 1 is 0.872 bits per heavy atom. The molecule has 0 aliphatic rings. The molecule has 0 aliphatic heterocycles. The van der Waals surface area contributed by atoms with Crippen LogP contribution in [0.5, 0.6) is 0 Å². The number of hydrogen-bond donors (Lipinski definition) is 1. The molecule has 1 aromatic heterocycles. The highest BCUT2D eigenvalue weighted by Gasteiger charge is 2.36. The number of nitrogens with zero attached hydrogens (tertiary/aromatic N) is 1. The van der Waals surface area contributed by atoms with Crippen molar-refractivity contribution in [2.75, 3.05) is 13.2 Å². The van der Waals surface area contributed by atoms with Crippen molar-refractivity contribution in [1.29, 1.82) is 0 Å². The van der Waals surface area contributed by atoms with E-state index in [1.54, 1.807) is 30.3 Å². The van der Waals surface area contributed by atoms with Gasteiger partial charge in [-0.1, -0.05) is 30.3 Å². The molecule has 0 saturated carbocycles. The number of hydrogen-bond acceptors (Lipinski definition) is 3. The van der Waals surface area contributed by atoms with Crippen molar-refractivity contribution in [3.05, 3.63) is 113 Å². The Balaban J connectivity index is 1.50. The van der Waals surface area contributed by atoms with Gasteiger partial charge in [0.2, 0.25) is 0 Å². The van der Waals surface area contributed by atoms with Gasteiger partial charge >= 0.3 is 12.4 Å². The molecule has 3 aromatic carbocycles. The summed E-state index contributed by atoms with van der Waals surface area (Å²) in [4.78, 5) is 17.2. The third-order valence-corrected chi connectivity index (χ3v) is 5.98. The third-order valence-electron chi connectivity index (χ3n) is 5.98. The first kappa shape index (κ1) is 28.0. The van der Waals surface area contributed by atoms with Crippen molar-refractivity contribution < 1.29 is 40.3 Å². The number of rotatable bonds is 8. The molecule has 1 atom stereocenters. The van der Waals surface area contributed by atoms with E-state index in [0.717, 1.165) is 0 Å². The SMILES string of the molecule is O=C(NCC(COCc1cc(C(F)(F)F)cc(C(F)(F)F)c1)c1ccc(F)cc1)c1ccnc2ccccc12. The Labute approximate surface area is 218 Å². The van der Waals surface area contributed by atoms with Crippen LogP contribution in [0.2, 0.25) is 0 Å². The number of nitrogens with one attached hydrogen (secondary N) is 1. The summed E-state index contributed by atoms with van der Waals surface area (Å²) in [5, 5.41) is 3.40. The average Bonchev–Trinajstić information content (AvgIpc) is 2.89. The maximum Gasteiger partial charge on any atom is 0.416 e. The molecule has 1 unspecified atom stereocenters. The summed E-state index contributed by atoms with van der Waals surface area (Å²) in [5.74, 6) is -1.52. The Hall–Kier alpha value is -3.99. The minimum atomic E-state index is -4.98. The van der Waals surface area contributed by atoms with Crippen LogP contribution in [-0.4, -0.2) is 24.0 Å². The summed E-state index contributed by atoms with van der Waals surface area (Å²) in [6.07, 6.45) is -8.47. The van der Waals surface area contributed by atoms with Gasteiger partial charge in [-0.2, -0.15) is 26.3 Å². The number of benzene rings is 3. The summed E-state index contributed by atoms with van der Waals surface area (Å²) < 4.78 is 98.0. The van der Waals surface area contributed by atoms with Crippen LogP contribution >= 0.6 is 0 Å². The number of ether oxygens (including phenoxy) is 1. The molecular weight excluding hydrogens is 529 g/mol. The average molecular weight is 550 g/mol. The molecule has 1 amide bonds. The maximum absolute atomic E-state index is 13.5. The van der Waals surface area contributed by atoms with E-state index in [0.29, 0.717) is 34.2 Å². The fourth-order valence-electron chi connectivity index (χ4n) is 4.03. The first-order chi connectivity index (χ1) is 18.4. The molecule has 0 aliphatic carbocycles. The van der Waals surface area contributed by atoms with Crippen molar-refractivity contribution >= 4 is 16.8 Å². The molecule has 204 valence electrons. The lowest BCUT2D eigenvalue weighted by Crippen LogP contribution is -2.30. The van der Waals surface area contributed by atoms with Gasteiger partial charge in [-0.25, -0.2) is 4.39 Å². The first-order valence-corrected chi connectivity index (χ1v) is 11.7. The van der Waals surface area contributed by atoms with Crippen LogP contribution in [0, 0.1) is 5.82 Å². The van der Waals surface area contributed by atoms with Crippen LogP contribution in [0.25, 0.3) is 10.9 Å². The van der Waals surface area contributed by atoms with E-state index in [4.69, 9.17) is 4.74 Å². The largest absolute Gasteiger partial charge is 0.416 e. The van der Waals surface area contributed by atoms with E-state index in [1.807, 2.05) is 0 Å². The predicted molar refractivity (Wildman–Crippen MR) is 129 cm³/mol. The Kier molecular flexibility index (Phi) is 8.19. The summed E-state index contributed by atoms with van der Waals surface area (Å²) in [6.45, 7) is -0.730. The molecule has 0 saturated heterocycles. The number of alkyl halides is 6. The summed E-state index contributed by atoms with van der Waals surface area (Å²) >= 11 is 0. The van der Waals surface area contributed by atoms with Crippen molar-refractivity contribution in [3.8, 4) is 0 Å². The Morgan fingerprint density at radius 2 is 1.51 bits per heavy atom. The van der Waals surface area contributed by atoms with Crippen LogP contribution in [-0.2, 0) is 23.7 Å². The first-order valence-electron chi connectivity index (χ1n) is 11.7. The molecule has 0 bridgehead atoms. The van der Waals surface area contributed by atoms with E-state index in [9.17, 15) is 35.5 Å². The van der Waals surface area contributed by atoms with Crippen LogP contribution in [0.4, 0.5) is 30.7 Å². The number of amides is 1. The molecule has 4 nitrogen and oxygen atoms in total. The number of para-hydroxylation sites is 1. The molecule has 1 heterocycles. The van der Waals surface area contributed by atoms with Gasteiger partial charge in [0, 0.05) is 24.0 Å². The quantitative estimate of drug-likeness (QED) is 0.237. The van der Waals surface area contributed by atoms with Gasteiger partial charge in [0.25, 0.3) is 5.91 Å². The van der Waals surface area contributed by atoms with E-state index in [2.05, 4.69) is 10.3 Å². The lowest BCUT2D eigenvalue weighted by molar-refractivity contribution is -0.143. The van der Waals surface area contributed by atoms with E-state index >= 15 is 0 Å². The van der Waals surface area contributed by atoms with Crippen LogP contribution in [0.1, 0.15) is 38.5 Å². The second-order valence-corrected chi connectivity index (χ2v) is 8.76. The molecule has 0 spiro atoms. The fourth-order valence-corrected chi connectivity index (χ4v) is 4.03. The summed E-state index contributed by atoms with van der Waals surface area (Å²) in [5.41, 5.74) is -1.67. The van der Waals surface area contributed by atoms with Crippen molar-refractivity contribution in [1.82, 2.24) is 10.3 Å². The number of carbonyl (C=O) groups is 1. The highest BCUT2D eigenvalue weighted by molar-refractivity contribution is 6.05. The number of fused-ring (bicyclic) bond motifs is 1. The van der Waals surface area contributed by atoms with E-state index in [-0.39, 0.29) is 24.8 Å². The van der Waals surface area contributed by atoms with Crippen molar-refractivity contribution in [2.45, 2.75) is 24.9 Å². The maximum atomic E-state index is 13.5. The third kappa shape index (κ3) is 7.11. The van der Waals surface area contributed by atoms with E-state index < -0.39 is 47.7 Å². The number of pyridine rings is 1. The van der Waals surface area contributed by atoms with Gasteiger partial charge in [-0.3, -0.25) is 9.78 Å². The van der Waals surface area contributed by atoms with Gasteiger partial charge in [-0.15, -0.1) is 0 Å². The minimum absolute atomic E-state index is 0.00247. The second kappa shape index (κ2) is 11.4. The Bertz CT molecular complexity index is 1410. The lowest BCUT2D eigenvalue weighted by atomic mass is 9.99. The molecule has 11 heteroatoms. The van der Waals surface area contributed by atoms with Gasteiger partial charge < -0.3 is 10.1 Å². The van der Waals surface area contributed by atoms with Crippen molar-refractivity contribution in [3.63, 3.8) is 0 Å². The number of aromatic nitrogens is 1. The standard InChI is InChI=1S/C28H21F7N2O2/c29-22-7-5-18(6-8-22)19(14-37-26(38)24-9-10-36-25-4-2-1-3-23(24)25)16-39-15-17-11-20(27(30,31)32)13-21(12-17)28(33,34)35/h1-13,19H,14-16H2,(H,37,38). The Morgan fingerprint density at radius 3 is 2.15 bits per heavy atom. The van der Waals surface area contributed by atoms with Crippen LogP contribution < -0.4 is 5.32 Å². The second-order valence-electron chi connectivity index (χ2n) is 8.76. The lowest BCUT2D eigenvalue weighted by Gasteiger charge is -2.20. The fraction of sp³-hybridized carbons (Fsp3) is 0.214. The van der Waals surface area contributed by atoms with Crippen LogP contribution in [0.15, 0.2) is 79.0 Å². The zero-order chi connectivity index (χ0) is 28.2. The molecule has 0 fully saturated rings. The highest BCUT2D eigenvalue weighted by atomic mass is 19.4. The molecule has 4 rings (SSSR count). The van der Waals surface area contributed by atoms with Gasteiger partial charge in [0.1, 0.15) is 5.82 Å². The molecule has 4 aromatic rings. The summed E-state index contributed by atoms with van der Waals surface area (Å²) in [6, 6.07) is 15.1. The topological polar surface area (TPSA) is 51.2 Å². The van der Waals surface area contributed by atoms with E-state index in [1.165, 1.54) is 30.5 Å². The predicted octanol–water partition coefficient (Wildman–Crippen LogP) is 7.14. The van der Waals surface area contributed by atoms with Gasteiger partial charge in [0.05, 0.1) is 35.4 Å². The summed E-state index contributed by atoms with van der Waals surface area (Å²) in [7, 11) is 0. The smallest absolute Gasteiger partial charge is 0.376 e. The monoisotopic (exact) mass is 550 g/mol. The highest BCUT2D eigenvalue weighted by Crippen LogP contribution is 2.36. The van der Waals surface area contributed by atoms with Gasteiger partial charge in [0.15, 0.2) is 0 Å². The van der Waals surface area contributed by atoms with Crippen LogP contribution in [0.3, 0.4) is 0 Å². The molecule has 0 radical (unpaired) electrons. The molecule has 1 N–H and O–H groups in total. The number of carbonyl (C=O) groups excluding carboxylic acids is 1. The zero-order valence-corrected chi connectivity index (χ0v) is 20.1. The molecular formula is C28H21F7N2O2. The number of halogens is 7. The zero-order valence-electron chi connectivity index (χ0n) is 20.1. The van der Waals surface area contributed by atoms with Gasteiger partial charge in [-0.05, 0) is 53.6 Å². The minimum Gasteiger partial charge on any atom is -0.376 e.